The number of hydrogen-bond donors (Lipinski definition) is 2. The first-order valence-electron chi connectivity index (χ1n) is 7.01. The number of ether oxygens (including phenoxy) is 1. The number of thioether (sulfide) groups is 1. The molecule has 1 aliphatic heterocycles. The van der Waals surface area contributed by atoms with Crippen molar-refractivity contribution in [1.29, 1.82) is 0 Å². The summed E-state index contributed by atoms with van der Waals surface area (Å²) in [5.41, 5.74) is 0. The molecule has 2 atom stereocenters. The summed E-state index contributed by atoms with van der Waals surface area (Å²) < 4.78 is 5.13. The van der Waals surface area contributed by atoms with Crippen molar-refractivity contribution < 1.29 is 9.53 Å². The van der Waals surface area contributed by atoms with Gasteiger partial charge in [-0.25, -0.2) is 0 Å². The summed E-state index contributed by atoms with van der Waals surface area (Å²) in [5.74, 6) is 0.944. The zero-order chi connectivity index (χ0) is 14.4. The molecule has 5 heteroatoms. The topological polar surface area (TPSA) is 50.4 Å². The standard InChI is InChI=1S/C15H22N2O2S/c1-11(15(18)17-12-4-3-9-16-10-12)20-14-7-5-13(19-2)6-8-14/h5-8,11-12,16H,3-4,9-10H2,1-2H3,(H,17,18)/t11?,12-/m0/s1. The van der Waals surface area contributed by atoms with E-state index in [1.54, 1.807) is 18.9 Å². The molecule has 1 aromatic rings. The number of piperidine rings is 1. The highest BCUT2D eigenvalue weighted by atomic mass is 32.2. The van der Waals surface area contributed by atoms with Crippen LogP contribution in [0.15, 0.2) is 29.2 Å². The van der Waals surface area contributed by atoms with E-state index in [2.05, 4.69) is 10.6 Å². The zero-order valence-electron chi connectivity index (χ0n) is 12.0. The number of methoxy groups -OCH3 is 1. The Hall–Kier alpha value is -1.20. The number of carbonyl (C=O) groups excluding carboxylic acids is 1. The van der Waals surface area contributed by atoms with E-state index in [4.69, 9.17) is 4.74 Å². The number of nitrogens with one attached hydrogen (secondary N) is 2. The van der Waals surface area contributed by atoms with Crippen LogP contribution >= 0.6 is 11.8 Å². The van der Waals surface area contributed by atoms with Crippen LogP contribution in [-0.2, 0) is 4.79 Å². The lowest BCUT2D eigenvalue weighted by molar-refractivity contribution is -0.121. The van der Waals surface area contributed by atoms with Crippen molar-refractivity contribution in [2.45, 2.75) is 36.0 Å². The normalized spacial score (nSPS) is 20.2. The number of amides is 1. The third kappa shape index (κ3) is 4.42. The molecule has 0 spiro atoms. The SMILES string of the molecule is COc1ccc(SC(C)C(=O)N[C@H]2CCCNC2)cc1. The highest BCUT2D eigenvalue weighted by molar-refractivity contribution is 8.00. The Labute approximate surface area is 124 Å². The van der Waals surface area contributed by atoms with Gasteiger partial charge in [0.25, 0.3) is 0 Å². The quantitative estimate of drug-likeness (QED) is 0.816. The summed E-state index contributed by atoms with van der Waals surface area (Å²) in [6.45, 7) is 3.88. The van der Waals surface area contributed by atoms with Crippen LogP contribution in [0, 0.1) is 0 Å². The second kappa shape index (κ2) is 7.55. The molecule has 0 bridgehead atoms. The third-order valence-corrected chi connectivity index (χ3v) is 4.50. The van der Waals surface area contributed by atoms with Gasteiger partial charge in [0.1, 0.15) is 5.75 Å². The number of hydrogen-bond acceptors (Lipinski definition) is 4. The van der Waals surface area contributed by atoms with Crippen LogP contribution in [0.3, 0.4) is 0 Å². The highest BCUT2D eigenvalue weighted by Gasteiger charge is 2.20. The first-order valence-corrected chi connectivity index (χ1v) is 7.89. The van der Waals surface area contributed by atoms with E-state index in [0.717, 1.165) is 36.6 Å². The van der Waals surface area contributed by atoms with Crippen molar-refractivity contribution >= 4 is 17.7 Å². The minimum atomic E-state index is -0.0923. The largest absolute Gasteiger partial charge is 0.497 e. The summed E-state index contributed by atoms with van der Waals surface area (Å²) in [7, 11) is 1.65. The molecule has 1 saturated heterocycles. The van der Waals surface area contributed by atoms with Crippen LogP contribution in [0.1, 0.15) is 19.8 Å². The lowest BCUT2D eigenvalue weighted by atomic mass is 10.1. The van der Waals surface area contributed by atoms with Crippen LogP contribution in [0.5, 0.6) is 5.75 Å². The van der Waals surface area contributed by atoms with Gasteiger partial charge in [0.2, 0.25) is 5.91 Å². The average molecular weight is 294 g/mol. The van der Waals surface area contributed by atoms with Crippen LogP contribution in [-0.4, -0.2) is 37.4 Å². The van der Waals surface area contributed by atoms with Crippen molar-refractivity contribution in [1.82, 2.24) is 10.6 Å². The molecule has 110 valence electrons. The summed E-state index contributed by atoms with van der Waals surface area (Å²) in [6, 6.07) is 8.07. The summed E-state index contributed by atoms with van der Waals surface area (Å²) in [6.07, 6.45) is 2.20. The first-order chi connectivity index (χ1) is 9.69. The van der Waals surface area contributed by atoms with E-state index in [-0.39, 0.29) is 17.2 Å². The molecule has 0 saturated carbocycles. The molecule has 0 aromatic heterocycles. The van der Waals surface area contributed by atoms with Crippen molar-refractivity contribution in [2.24, 2.45) is 0 Å². The van der Waals surface area contributed by atoms with Gasteiger partial charge >= 0.3 is 0 Å². The molecule has 1 amide bonds. The average Bonchev–Trinajstić information content (AvgIpc) is 2.49. The van der Waals surface area contributed by atoms with Gasteiger partial charge in [-0.1, -0.05) is 0 Å². The molecule has 0 radical (unpaired) electrons. The first kappa shape index (κ1) is 15.2. The van der Waals surface area contributed by atoms with Crippen molar-refractivity contribution in [3.8, 4) is 5.75 Å². The molecule has 4 nitrogen and oxygen atoms in total. The van der Waals surface area contributed by atoms with E-state index in [9.17, 15) is 4.79 Å². The summed E-state index contributed by atoms with van der Waals surface area (Å²) >= 11 is 1.57. The molecule has 1 aromatic carbocycles. The second-order valence-corrected chi connectivity index (χ2v) is 6.40. The number of rotatable bonds is 5. The van der Waals surface area contributed by atoms with Crippen LogP contribution < -0.4 is 15.4 Å². The van der Waals surface area contributed by atoms with Crippen LogP contribution in [0.2, 0.25) is 0 Å². The number of benzene rings is 1. The van der Waals surface area contributed by atoms with Gasteiger partial charge in [-0.2, -0.15) is 0 Å². The third-order valence-electron chi connectivity index (χ3n) is 3.38. The Morgan fingerprint density at radius 1 is 1.45 bits per heavy atom. The Morgan fingerprint density at radius 2 is 2.20 bits per heavy atom. The Morgan fingerprint density at radius 3 is 2.80 bits per heavy atom. The van der Waals surface area contributed by atoms with Gasteiger partial charge in [-0.3, -0.25) is 4.79 Å². The summed E-state index contributed by atoms with van der Waals surface area (Å²) in [5, 5.41) is 6.33. The summed E-state index contributed by atoms with van der Waals surface area (Å²) in [4.78, 5) is 13.2. The molecule has 0 aliphatic carbocycles. The maximum Gasteiger partial charge on any atom is 0.233 e. The Bertz CT molecular complexity index is 430. The minimum absolute atomic E-state index is 0.0923. The Balaban J connectivity index is 1.83. The fourth-order valence-corrected chi connectivity index (χ4v) is 3.08. The maximum atomic E-state index is 12.2. The lowest BCUT2D eigenvalue weighted by Crippen LogP contribution is -2.47. The van der Waals surface area contributed by atoms with Crippen molar-refractivity contribution in [3.63, 3.8) is 0 Å². The molecule has 1 heterocycles. The fraction of sp³-hybridized carbons (Fsp3) is 0.533. The van der Waals surface area contributed by atoms with Gasteiger partial charge in [0.15, 0.2) is 0 Å². The molecule has 1 aliphatic rings. The second-order valence-electron chi connectivity index (χ2n) is 4.99. The molecule has 20 heavy (non-hydrogen) atoms. The Kier molecular flexibility index (Phi) is 5.73. The van der Waals surface area contributed by atoms with E-state index in [1.165, 1.54) is 0 Å². The molecule has 2 rings (SSSR count). The van der Waals surface area contributed by atoms with Crippen LogP contribution in [0.25, 0.3) is 0 Å². The molecular weight excluding hydrogens is 272 g/mol. The fourth-order valence-electron chi connectivity index (χ4n) is 2.21. The van der Waals surface area contributed by atoms with Gasteiger partial charge in [0, 0.05) is 17.5 Å². The smallest absolute Gasteiger partial charge is 0.233 e. The van der Waals surface area contributed by atoms with Gasteiger partial charge in [0.05, 0.1) is 12.4 Å². The monoisotopic (exact) mass is 294 g/mol. The lowest BCUT2D eigenvalue weighted by Gasteiger charge is -2.25. The van der Waals surface area contributed by atoms with Crippen molar-refractivity contribution in [3.05, 3.63) is 24.3 Å². The highest BCUT2D eigenvalue weighted by Crippen LogP contribution is 2.25. The molecular formula is C15H22N2O2S. The minimum Gasteiger partial charge on any atom is -0.497 e. The van der Waals surface area contributed by atoms with E-state index in [1.807, 2.05) is 31.2 Å². The molecule has 2 N–H and O–H groups in total. The van der Waals surface area contributed by atoms with Crippen LogP contribution in [0.4, 0.5) is 0 Å². The van der Waals surface area contributed by atoms with E-state index in [0.29, 0.717) is 0 Å². The number of carbonyl (C=O) groups is 1. The predicted molar refractivity (Wildman–Crippen MR) is 82.3 cm³/mol. The maximum absolute atomic E-state index is 12.2. The van der Waals surface area contributed by atoms with Gasteiger partial charge < -0.3 is 15.4 Å². The molecule has 1 unspecified atom stereocenters. The van der Waals surface area contributed by atoms with Crippen molar-refractivity contribution in [2.75, 3.05) is 20.2 Å². The van der Waals surface area contributed by atoms with E-state index < -0.39 is 0 Å². The zero-order valence-corrected chi connectivity index (χ0v) is 12.8. The van der Waals surface area contributed by atoms with Gasteiger partial charge in [-0.05, 0) is 50.6 Å². The molecule has 1 fully saturated rings. The van der Waals surface area contributed by atoms with E-state index >= 15 is 0 Å². The van der Waals surface area contributed by atoms with Gasteiger partial charge in [-0.15, -0.1) is 11.8 Å². The predicted octanol–water partition coefficient (Wildman–Crippen LogP) is 2.04.